The Kier molecular flexibility index (Phi) is 40.0. The van der Waals surface area contributed by atoms with Gasteiger partial charge in [0.2, 0.25) is 5.91 Å². The second-order valence-electron chi connectivity index (χ2n) is 14.5. The van der Waals surface area contributed by atoms with Gasteiger partial charge < -0.3 is 20.3 Å². The number of ether oxygens (including phenoxy) is 1. The summed E-state index contributed by atoms with van der Waals surface area (Å²) in [7, 11) is 0. The molecule has 6 nitrogen and oxygen atoms in total. The average molecular weight is 776 g/mol. The number of hydrogen-bond donors (Lipinski definition) is 3. The van der Waals surface area contributed by atoms with Gasteiger partial charge in [0, 0.05) is 6.42 Å². The number of carbonyl (C=O) groups excluding carboxylic acids is 2. The standard InChI is InChI=1S/C50H81NO5/c1-4-7-10-13-16-19-21-23-24-26-28-31-34-37-40-43-50(55)56-46(41-38-35-32-30-27-25-22-20-17-14-11-8-5-2)44-49(54)51-47(45-52)48(53)42-39-36-33-29-18-15-12-9-6-3/h7-8,10-11,13-14,16-17,19-25,27,30,32,46-48,52-53H,4-6,9,12,15,18,26,28-29,31,33-45H2,1-3H3,(H,51,54)/b10-7+,11-8+,16-13+,17-14+,21-19+,22-20-,24-23-,27-25-,32-30+. The van der Waals surface area contributed by atoms with Crippen molar-refractivity contribution in [1.82, 2.24) is 5.32 Å². The zero-order valence-corrected chi connectivity index (χ0v) is 35.7. The fourth-order valence-corrected chi connectivity index (χ4v) is 5.99. The summed E-state index contributed by atoms with van der Waals surface area (Å²) in [5, 5.41) is 23.5. The summed E-state index contributed by atoms with van der Waals surface area (Å²) < 4.78 is 5.85. The van der Waals surface area contributed by atoms with Crippen LogP contribution in [0.1, 0.15) is 168 Å². The van der Waals surface area contributed by atoms with Gasteiger partial charge in [-0.1, -0.05) is 207 Å². The highest BCUT2D eigenvalue weighted by Crippen LogP contribution is 2.16. The van der Waals surface area contributed by atoms with Crippen LogP contribution in [0.25, 0.3) is 0 Å². The van der Waals surface area contributed by atoms with Gasteiger partial charge in [-0.15, -0.1) is 0 Å². The summed E-state index contributed by atoms with van der Waals surface area (Å²) in [6, 6.07) is -0.734. The second kappa shape index (κ2) is 42.7. The van der Waals surface area contributed by atoms with Crippen LogP contribution in [-0.4, -0.2) is 46.9 Å². The number of hydrogen-bond acceptors (Lipinski definition) is 5. The van der Waals surface area contributed by atoms with Crippen LogP contribution in [0.4, 0.5) is 0 Å². The number of aliphatic hydroxyl groups is 2. The van der Waals surface area contributed by atoms with Crippen molar-refractivity contribution in [2.75, 3.05) is 6.61 Å². The molecule has 3 atom stereocenters. The number of aliphatic hydroxyl groups excluding tert-OH is 2. The molecule has 56 heavy (non-hydrogen) atoms. The van der Waals surface area contributed by atoms with Crippen LogP contribution in [0.15, 0.2) is 109 Å². The smallest absolute Gasteiger partial charge is 0.306 e. The average Bonchev–Trinajstić information content (AvgIpc) is 3.19. The lowest BCUT2D eigenvalue weighted by molar-refractivity contribution is -0.151. The van der Waals surface area contributed by atoms with E-state index in [4.69, 9.17) is 4.74 Å². The van der Waals surface area contributed by atoms with Gasteiger partial charge in [0.05, 0.1) is 25.2 Å². The topological polar surface area (TPSA) is 95.9 Å². The number of esters is 1. The van der Waals surface area contributed by atoms with Gasteiger partial charge in [-0.3, -0.25) is 9.59 Å². The first-order valence-electron chi connectivity index (χ1n) is 22.2. The van der Waals surface area contributed by atoms with Gasteiger partial charge in [0.25, 0.3) is 0 Å². The van der Waals surface area contributed by atoms with Gasteiger partial charge in [-0.25, -0.2) is 0 Å². The molecule has 1 amide bonds. The summed E-state index contributed by atoms with van der Waals surface area (Å²) >= 11 is 0. The predicted octanol–water partition coefficient (Wildman–Crippen LogP) is 12.8. The zero-order chi connectivity index (χ0) is 41.0. The first-order valence-corrected chi connectivity index (χ1v) is 22.2. The van der Waals surface area contributed by atoms with E-state index in [2.05, 4.69) is 62.5 Å². The molecule has 0 rings (SSSR count). The highest BCUT2D eigenvalue weighted by molar-refractivity contribution is 5.77. The molecule has 0 aromatic rings. The zero-order valence-electron chi connectivity index (χ0n) is 35.7. The Morgan fingerprint density at radius 1 is 0.536 bits per heavy atom. The Bertz CT molecular complexity index is 1190. The molecule has 0 fully saturated rings. The first kappa shape index (κ1) is 52.5. The van der Waals surface area contributed by atoms with E-state index in [0.717, 1.165) is 83.5 Å². The Morgan fingerprint density at radius 3 is 1.50 bits per heavy atom. The van der Waals surface area contributed by atoms with E-state index in [1.165, 1.54) is 38.5 Å². The van der Waals surface area contributed by atoms with Gasteiger partial charge in [0.1, 0.15) is 6.10 Å². The summed E-state index contributed by atoms with van der Waals surface area (Å²) in [6.07, 6.45) is 57.2. The number of rotatable bonds is 37. The summed E-state index contributed by atoms with van der Waals surface area (Å²) in [4.78, 5) is 25.9. The van der Waals surface area contributed by atoms with E-state index < -0.39 is 18.2 Å². The molecule has 3 unspecified atom stereocenters. The van der Waals surface area contributed by atoms with Gasteiger partial charge >= 0.3 is 5.97 Å². The van der Waals surface area contributed by atoms with Crippen molar-refractivity contribution in [3.05, 3.63) is 109 Å². The number of carbonyl (C=O) groups is 2. The molecule has 0 heterocycles. The molecule has 0 spiro atoms. The molecule has 316 valence electrons. The highest BCUT2D eigenvalue weighted by Gasteiger charge is 2.23. The quantitative estimate of drug-likeness (QED) is 0.0332. The van der Waals surface area contributed by atoms with Crippen molar-refractivity contribution in [2.45, 2.75) is 187 Å². The van der Waals surface area contributed by atoms with Crippen LogP contribution in [-0.2, 0) is 14.3 Å². The van der Waals surface area contributed by atoms with Crippen LogP contribution >= 0.6 is 0 Å². The van der Waals surface area contributed by atoms with Crippen LogP contribution < -0.4 is 5.32 Å². The lowest BCUT2D eigenvalue weighted by atomic mass is 10.0. The predicted molar refractivity (Wildman–Crippen MR) is 240 cm³/mol. The Balaban J connectivity index is 4.81. The van der Waals surface area contributed by atoms with Crippen LogP contribution in [0.3, 0.4) is 0 Å². The minimum atomic E-state index is -0.815. The van der Waals surface area contributed by atoms with Crippen molar-refractivity contribution in [1.29, 1.82) is 0 Å². The largest absolute Gasteiger partial charge is 0.462 e. The number of unbranched alkanes of at least 4 members (excludes halogenated alkanes) is 14. The monoisotopic (exact) mass is 776 g/mol. The molecule has 0 saturated carbocycles. The molecular formula is C50H81NO5. The lowest BCUT2D eigenvalue weighted by Gasteiger charge is -2.24. The summed E-state index contributed by atoms with van der Waals surface area (Å²) in [6.45, 7) is 6.12. The third-order valence-electron chi connectivity index (χ3n) is 9.32. The van der Waals surface area contributed by atoms with Crippen LogP contribution in [0, 0.1) is 0 Å². The summed E-state index contributed by atoms with van der Waals surface area (Å²) in [5.41, 5.74) is 0. The Hall–Kier alpha value is -3.48. The molecule has 0 aromatic heterocycles. The van der Waals surface area contributed by atoms with E-state index in [1.807, 2.05) is 72.9 Å². The molecule has 6 heteroatoms. The maximum atomic E-state index is 13.1. The van der Waals surface area contributed by atoms with Crippen molar-refractivity contribution in [3.8, 4) is 0 Å². The van der Waals surface area contributed by atoms with E-state index in [-0.39, 0.29) is 24.9 Å². The maximum Gasteiger partial charge on any atom is 0.306 e. The number of allylic oxidation sites excluding steroid dienone is 18. The summed E-state index contributed by atoms with van der Waals surface area (Å²) in [5.74, 6) is -0.590. The molecule has 0 radical (unpaired) electrons. The van der Waals surface area contributed by atoms with E-state index in [9.17, 15) is 19.8 Å². The molecule has 0 aromatic carbocycles. The van der Waals surface area contributed by atoms with Gasteiger partial charge in [-0.2, -0.15) is 0 Å². The Labute approximate surface area is 343 Å². The maximum absolute atomic E-state index is 13.1. The van der Waals surface area contributed by atoms with Crippen molar-refractivity contribution < 1.29 is 24.5 Å². The number of nitrogens with one attached hydrogen (secondary N) is 1. The minimum absolute atomic E-state index is 0.0112. The first-order chi connectivity index (χ1) is 27.5. The lowest BCUT2D eigenvalue weighted by Crippen LogP contribution is -2.46. The van der Waals surface area contributed by atoms with E-state index >= 15 is 0 Å². The fraction of sp³-hybridized carbons (Fsp3) is 0.600. The molecule has 0 saturated heterocycles. The van der Waals surface area contributed by atoms with Crippen LogP contribution in [0.2, 0.25) is 0 Å². The van der Waals surface area contributed by atoms with Crippen LogP contribution in [0.5, 0.6) is 0 Å². The van der Waals surface area contributed by atoms with Crippen molar-refractivity contribution in [3.63, 3.8) is 0 Å². The Morgan fingerprint density at radius 2 is 0.982 bits per heavy atom. The number of amides is 1. The molecule has 0 bridgehead atoms. The molecule has 0 aliphatic carbocycles. The van der Waals surface area contributed by atoms with Crippen molar-refractivity contribution in [2.24, 2.45) is 0 Å². The fourth-order valence-electron chi connectivity index (χ4n) is 5.99. The normalized spacial score (nSPS) is 14.4. The van der Waals surface area contributed by atoms with Gasteiger partial charge in [0.15, 0.2) is 0 Å². The van der Waals surface area contributed by atoms with Crippen molar-refractivity contribution >= 4 is 11.9 Å². The third kappa shape index (κ3) is 37.4. The SMILES string of the molecule is CC/C=C/C=C/C=C\C=C/C=C/CCCC(CC(=O)NC(CO)C(O)CCCCCCCCCCC)OC(=O)CCCCCCC\C=C/C=C/C=C/C=C/CC. The van der Waals surface area contributed by atoms with E-state index in [1.54, 1.807) is 0 Å². The second-order valence-corrected chi connectivity index (χ2v) is 14.5. The third-order valence-corrected chi connectivity index (χ3v) is 9.32. The van der Waals surface area contributed by atoms with Gasteiger partial charge in [-0.05, 0) is 57.8 Å². The molecule has 0 aliphatic heterocycles. The molecule has 0 aliphatic rings. The highest BCUT2D eigenvalue weighted by atomic mass is 16.5. The molecular weight excluding hydrogens is 695 g/mol. The molecule has 3 N–H and O–H groups in total. The van der Waals surface area contributed by atoms with E-state index in [0.29, 0.717) is 19.3 Å². The minimum Gasteiger partial charge on any atom is -0.462 e.